The lowest BCUT2D eigenvalue weighted by atomic mass is 9.85. The van der Waals surface area contributed by atoms with Crippen LogP contribution in [0.5, 0.6) is 0 Å². The van der Waals surface area contributed by atoms with Gasteiger partial charge in [-0.15, -0.1) is 0 Å². The number of amides is 1. The molecule has 110 valence electrons. The zero-order valence-electron chi connectivity index (χ0n) is 12.7. The van der Waals surface area contributed by atoms with Crippen LogP contribution >= 0.6 is 0 Å². The van der Waals surface area contributed by atoms with E-state index in [4.69, 9.17) is 5.11 Å². The molecule has 2 N–H and O–H groups in total. The van der Waals surface area contributed by atoms with Crippen LogP contribution < -0.4 is 5.32 Å². The largest absolute Gasteiger partial charge is 0.481 e. The fourth-order valence-corrected chi connectivity index (χ4v) is 1.93. The lowest BCUT2D eigenvalue weighted by molar-refractivity contribution is -0.145. The smallest absolute Gasteiger partial charge is 0.307 e. The van der Waals surface area contributed by atoms with Gasteiger partial charge in [0.1, 0.15) is 0 Å². The third-order valence-electron chi connectivity index (χ3n) is 3.55. The first-order valence-electron chi connectivity index (χ1n) is 6.77. The van der Waals surface area contributed by atoms with Crippen molar-refractivity contribution in [1.82, 2.24) is 0 Å². The van der Waals surface area contributed by atoms with Crippen LogP contribution in [-0.4, -0.2) is 17.0 Å². The molecule has 0 spiro atoms. The Balaban J connectivity index is 2.95. The van der Waals surface area contributed by atoms with E-state index in [9.17, 15) is 9.59 Å². The number of benzene rings is 1. The van der Waals surface area contributed by atoms with Gasteiger partial charge in [0.25, 0.3) is 0 Å². The molecule has 1 aromatic carbocycles. The van der Waals surface area contributed by atoms with Crippen molar-refractivity contribution in [3.05, 3.63) is 29.8 Å². The molecule has 4 heteroatoms. The first-order valence-corrected chi connectivity index (χ1v) is 6.77. The van der Waals surface area contributed by atoms with Gasteiger partial charge < -0.3 is 10.4 Å². The SMILES string of the molecule is CC(C(=O)O)C(C)C(=O)Nc1ccccc1C(C)(C)C. The normalized spacial score (nSPS) is 14.4. The summed E-state index contributed by atoms with van der Waals surface area (Å²) < 4.78 is 0. The van der Waals surface area contributed by atoms with E-state index in [1.54, 1.807) is 13.8 Å². The van der Waals surface area contributed by atoms with Crippen molar-refractivity contribution in [3.63, 3.8) is 0 Å². The number of hydrogen-bond donors (Lipinski definition) is 2. The maximum Gasteiger partial charge on any atom is 0.307 e. The van der Waals surface area contributed by atoms with E-state index in [1.807, 2.05) is 24.3 Å². The molecular formula is C16H23NO3. The highest BCUT2D eigenvalue weighted by molar-refractivity contribution is 5.95. The van der Waals surface area contributed by atoms with Crippen LogP contribution in [0.1, 0.15) is 40.2 Å². The Bertz CT molecular complexity index is 503. The lowest BCUT2D eigenvalue weighted by Crippen LogP contribution is -2.30. The summed E-state index contributed by atoms with van der Waals surface area (Å²) in [7, 11) is 0. The molecule has 4 nitrogen and oxygen atoms in total. The number of carbonyl (C=O) groups is 2. The minimum Gasteiger partial charge on any atom is -0.481 e. The standard InChI is InChI=1S/C16H23NO3/c1-10(11(2)15(19)20)14(18)17-13-9-7-6-8-12(13)16(3,4)5/h6-11H,1-5H3,(H,17,18)(H,19,20). The number of para-hydroxylation sites is 1. The Morgan fingerprint density at radius 3 is 2.15 bits per heavy atom. The highest BCUT2D eigenvalue weighted by atomic mass is 16.4. The number of aliphatic carboxylic acids is 1. The highest BCUT2D eigenvalue weighted by Gasteiger charge is 2.27. The predicted molar refractivity (Wildman–Crippen MR) is 79.7 cm³/mol. The monoisotopic (exact) mass is 277 g/mol. The molecule has 1 amide bonds. The number of hydrogen-bond acceptors (Lipinski definition) is 2. The molecule has 0 radical (unpaired) electrons. The third-order valence-corrected chi connectivity index (χ3v) is 3.55. The van der Waals surface area contributed by atoms with Crippen LogP contribution in [0.2, 0.25) is 0 Å². The van der Waals surface area contributed by atoms with Crippen LogP contribution in [0.4, 0.5) is 5.69 Å². The van der Waals surface area contributed by atoms with Crippen molar-refractivity contribution in [2.75, 3.05) is 5.32 Å². The van der Waals surface area contributed by atoms with Crippen molar-refractivity contribution >= 4 is 17.6 Å². The molecule has 0 saturated carbocycles. The molecule has 0 aromatic heterocycles. The summed E-state index contributed by atoms with van der Waals surface area (Å²) in [6.45, 7) is 9.39. The number of anilines is 1. The Morgan fingerprint density at radius 1 is 1.10 bits per heavy atom. The first kappa shape index (κ1) is 16.2. The number of rotatable bonds is 4. The van der Waals surface area contributed by atoms with E-state index in [1.165, 1.54) is 0 Å². The van der Waals surface area contributed by atoms with E-state index in [0.717, 1.165) is 11.3 Å². The molecule has 20 heavy (non-hydrogen) atoms. The lowest BCUT2D eigenvalue weighted by Gasteiger charge is -2.24. The van der Waals surface area contributed by atoms with Crippen molar-refractivity contribution in [2.45, 2.75) is 40.0 Å². The quantitative estimate of drug-likeness (QED) is 0.887. The van der Waals surface area contributed by atoms with Crippen molar-refractivity contribution in [2.24, 2.45) is 11.8 Å². The van der Waals surface area contributed by atoms with Crippen LogP contribution in [0, 0.1) is 11.8 Å². The van der Waals surface area contributed by atoms with Crippen LogP contribution in [-0.2, 0) is 15.0 Å². The van der Waals surface area contributed by atoms with Gasteiger partial charge in [-0.2, -0.15) is 0 Å². The first-order chi connectivity index (χ1) is 9.14. The van der Waals surface area contributed by atoms with Crippen molar-refractivity contribution < 1.29 is 14.7 Å². The van der Waals surface area contributed by atoms with Crippen molar-refractivity contribution in [1.29, 1.82) is 0 Å². The summed E-state index contributed by atoms with van der Waals surface area (Å²) >= 11 is 0. The second-order valence-corrected chi connectivity index (χ2v) is 6.20. The molecule has 1 rings (SSSR count). The fourth-order valence-electron chi connectivity index (χ4n) is 1.93. The maximum absolute atomic E-state index is 12.2. The second kappa shape index (κ2) is 6.07. The molecule has 0 saturated heterocycles. The topological polar surface area (TPSA) is 66.4 Å². The minimum absolute atomic E-state index is 0.0917. The van der Waals surface area contributed by atoms with Gasteiger partial charge in [-0.1, -0.05) is 52.8 Å². The van der Waals surface area contributed by atoms with Crippen LogP contribution in [0.3, 0.4) is 0 Å². The minimum atomic E-state index is -0.961. The summed E-state index contributed by atoms with van der Waals surface area (Å²) in [4.78, 5) is 23.1. The summed E-state index contributed by atoms with van der Waals surface area (Å²) in [5, 5.41) is 11.8. The van der Waals surface area contributed by atoms with Crippen LogP contribution in [0.25, 0.3) is 0 Å². The molecular weight excluding hydrogens is 254 g/mol. The molecule has 1 aromatic rings. The molecule has 0 aliphatic carbocycles. The van der Waals surface area contributed by atoms with E-state index in [-0.39, 0.29) is 11.3 Å². The number of carboxylic acid groups (broad SMARTS) is 1. The van der Waals surface area contributed by atoms with E-state index >= 15 is 0 Å². The molecule has 0 bridgehead atoms. The predicted octanol–water partition coefficient (Wildman–Crippen LogP) is 3.28. The van der Waals surface area contributed by atoms with Gasteiger partial charge in [0, 0.05) is 11.6 Å². The Morgan fingerprint density at radius 2 is 1.65 bits per heavy atom. The summed E-state index contributed by atoms with van der Waals surface area (Å²) in [6, 6.07) is 7.60. The number of nitrogens with one attached hydrogen (secondary N) is 1. The van der Waals surface area contributed by atoms with E-state index < -0.39 is 17.8 Å². The number of carbonyl (C=O) groups excluding carboxylic acids is 1. The zero-order valence-corrected chi connectivity index (χ0v) is 12.7. The van der Waals surface area contributed by atoms with Crippen LogP contribution in [0.15, 0.2) is 24.3 Å². The molecule has 2 atom stereocenters. The van der Waals surface area contributed by atoms with Gasteiger partial charge in [-0.3, -0.25) is 9.59 Å². The summed E-state index contributed by atoms with van der Waals surface area (Å²) in [5.74, 6) is -2.52. The summed E-state index contributed by atoms with van der Waals surface area (Å²) in [5.41, 5.74) is 1.68. The Kier molecular flexibility index (Phi) is 4.93. The number of carboxylic acids is 1. The molecule has 2 unspecified atom stereocenters. The molecule has 0 fully saturated rings. The average Bonchev–Trinajstić information content (AvgIpc) is 2.36. The van der Waals surface area contributed by atoms with Crippen molar-refractivity contribution in [3.8, 4) is 0 Å². The molecule has 0 heterocycles. The Hall–Kier alpha value is -1.84. The van der Waals surface area contributed by atoms with Gasteiger partial charge in [0.15, 0.2) is 0 Å². The fraction of sp³-hybridized carbons (Fsp3) is 0.500. The van der Waals surface area contributed by atoms with Gasteiger partial charge in [0.05, 0.1) is 5.92 Å². The van der Waals surface area contributed by atoms with Gasteiger partial charge in [-0.25, -0.2) is 0 Å². The third kappa shape index (κ3) is 3.83. The van der Waals surface area contributed by atoms with E-state index in [2.05, 4.69) is 26.1 Å². The zero-order chi connectivity index (χ0) is 15.5. The highest BCUT2D eigenvalue weighted by Crippen LogP contribution is 2.29. The Labute approximate surface area is 120 Å². The van der Waals surface area contributed by atoms with E-state index in [0.29, 0.717) is 0 Å². The van der Waals surface area contributed by atoms with Gasteiger partial charge in [-0.05, 0) is 17.0 Å². The molecule has 0 aliphatic rings. The molecule has 0 aliphatic heterocycles. The summed E-state index contributed by atoms with van der Waals surface area (Å²) in [6.07, 6.45) is 0. The average molecular weight is 277 g/mol. The van der Waals surface area contributed by atoms with Gasteiger partial charge >= 0.3 is 5.97 Å². The maximum atomic E-state index is 12.2. The van der Waals surface area contributed by atoms with Gasteiger partial charge in [0.2, 0.25) is 5.91 Å². The second-order valence-electron chi connectivity index (χ2n) is 6.20.